The number of nitrogens with zero attached hydrogens (tertiary/aromatic N) is 4. The third-order valence-corrected chi connectivity index (χ3v) is 7.04. The van der Waals surface area contributed by atoms with Crippen molar-refractivity contribution < 1.29 is 61.2 Å². The van der Waals surface area contributed by atoms with Crippen LogP contribution in [0.4, 0.5) is 23.1 Å². The second-order valence-corrected chi connectivity index (χ2v) is 10.7. The van der Waals surface area contributed by atoms with Crippen LogP contribution >= 0.6 is 0 Å². The molecule has 0 aliphatic carbocycles. The first-order valence-electron chi connectivity index (χ1n) is 16.6. The average Bonchev–Trinajstić information content (AvgIpc) is 3.39. The van der Waals surface area contributed by atoms with Crippen molar-refractivity contribution in [1.29, 1.82) is 0 Å². The zero-order valence-electron chi connectivity index (χ0n) is 30.0. The van der Waals surface area contributed by atoms with Gasteiger partial charge < -0.3 is 28.3 Å². The first kappa shape index (κ1) is 47.6. The number of amides is 4. The number of hydrogen-bond acceptors (Lipinski definition) is 10. The summed E-state index contributed by atoms with van der Waals surface area (Å²) in [5, 5.41) is 5.82. The lowest BCUT2D eigenvalue weighted by molar-refractivity contribution is -0.151. The van der Waals surface area contributed by atoms with Crippen LogP contribution in [0.25, 0.3) is 0 Å². The van der Waals surface area contributed by atoms with Crippen LogP contribution in [0.5, 0.6) is 0 Å². The quantitative estimate of drug-likeness (QED) is 0.0759. The number of ketones is 2. The van der Waals surface area contributed by atoms with E-state index in [0.29, 0.717) is 40.0 Å². The molecule has 53 heavy (non-hydrogen) atoms. The molecular weight excluding hydrogens is 704 g/mol. The molecule has 289 valence electrons. The second-order valence-electron chi connectivity index (χ2n) is 10.7. The number of likely N-dealkylation sites (tertiary alicyclic amines) is 2. The van der Waals surface area contributed by atoms with E-state index in [1.54, 1.807) is 18.7 Å². The smallest absolute Gasteiger partial charge is 0.410 e. The van der Waals surface area contributed by atoms with E-state index in [1.165, 1.54) is 11.7 Å². The van der Waals surface area contributed by atoms with Crippen molar-refractivity contribution in [2.75, 3.05) is 32.8 Å². The molecule has 0 aromatic heterocycles. The molecular formula is C35H45BF3N4O10. The summed E-state index contributed by atoms with van der Waals surface area (Å²) in [7, 11) is 0.500. The van der Waals surface area contributed by atoms with Crippen molar-refractivity contribution in [2.45, 2.75) is 66.0 Å². The summed E-state index contributed by atoms with van der Waals surface area (Å²) in [4.78, 5) is 81.2. The Balaban J connectivity index is 0.000000788. The Morgan fingerprint density at radius 3 is 1.68 bits per heavy atom. The minimum Gasteiger partial charge on any atom is -0.465 e. The molecule has 14 nitrogen and oxygen atoms in total. The van der Waals surface area contributed by atoms with E-state index in [9.17, 15) is 37.9 Å². The van der Waals surface area contributed by atoms with Gasteiger partial charge in [0, 0.05) is 61.0 Å². The highest BCUT2D eigenvalue weighted by Crippen LogP contribution is 2.17. The van der Waals surface area contributed by atoms with Gasteiger partial charge >= 0.3 is 25.7 Å². The number of carbonyl (C=O) groups excluding carboxylic acids is 7. The molecule has 4 amide bonds. The van der Waals surface area contributed by atoms with Gasteiger partial charge in [0.2, 0.25) is 0 Å². The van der Waals surface area contributed by atoms with E-state index >= 15 is 0 Å². The van der Waals surface area contributed by atoms with Crippen molar-refractivity contribution in [3.05, 3.63) is 71.8 Å². The summed E-state index contributed by atoms with van der Waals surface area (Å²) in [6, 6.07) is 18.9. The lowest BCUT2D eigenvalue weighted by atomic mass is 10.00. The Morgan fingerprint density at radius 1 is 0.792 bits per heavy atom. The minimum atomic E-state index is -0.776. The molecule has 2 aliphatic heterocycles. The molecule has 18 heteroatoms. The molecule has 1 unspecified atom stereocenters. The summed E-state index contributed by atoms with van der Waals surface area (Å²) in [6.07, 6.45) is 1.03. The zero-order chi connectivity index (χ0) is 39.9. The van der Waals surface area contributed by atoms with Gasteiger partial charge in [-0.25, -0.2) is 9.59 Å². The lowest BCUT2D eigenvalue weighted by Gasteiger charge is -2.25. The van der Waals surface area contributed by atoms with Crippen LogP contribution in [0, 0.1) is 5.92 Å². The SMILES string of the molecule is CCC(=O)N=NC=O.CCOC(=O)C1CCN(C(=O)OCc2ccccc2)CCC1=O.C[B]F.FF.O=C1CCN(C(=O)OCc2ccccc2)CC1. The second kappa shape index (κ2) is 30.2. The first-order chi connectivity index (χ1) is 25.6. The molecule has 1 atom stereocenters. The monoisotopic (exact) mass is 749 g/mol. The third-order valence-electron chi connectivity index (χ3n) is 7.04. The Hall–Kier alpha value is -5.42. The van der Waals surface area contributed by atoms with Gasteiger partial charge in [0.05, 0.1) is 6.61 Å². The maximum Gasteiger partial charge on any atom is 0.410 e. The van der Waals surface area contributed by atoms with Crippen molar-refractivity contribution >= 4 is 49.6 Å². The number of esters is 1. The number of hydrogen-bond donors (Lipinski definition) is 0. The number of azo groups is 1. The van der Waals surface area contributed by atoms with Crippen molar-refractivity contribution in [1.82, 2.24) is 9.80 Å². The third kappa shape index (κ3) is 21.5. The molecule has 0 N–H and O–H groups in total. The fraction of sp³-hybridized carbons (Fsp3) is 0.457. The number of Topliss-reactive ketones (excluding diaryl/α,β-unsaturated/α-hetero) is 2. The average molecular weight is 750 g/mol. The normalized spacial score (nSPS) is 14.8. The van der Waals surface area contributed by atoms with Crippen LogP contribution in [0.1, 0.15) is 57.1 Å². The number of ether oxygens (including phenoxy) is 3. The van der Waals surface area contributed by atoms with E-state index in [-0.39, 0.29) is 75.6 Å². The summed E-state index contributed by atoms with van der Waals surface area (Å²) in [5.74, 6) is -1.62. The molecule has 1 radical (unpaired) electrons. The van der Waals surface area contributed by atoms with Gasteiger partial charge in [0.15, 0.2) is 0 Å². The van der Waals surface area contributed by atoms with Crippen LogP contribution < -0.4 is 0 Å². The Kier molecular flexibility index (Phi) is 27.1. The molecule has 0 saturated carbocycles. The molecule has 0 spiro atoms. The van der Waals surface area contributed by atoms with E-state index in [2.05, 4.69) is 10.2 Å². The Bertz CT molecular complexity index is 1420. The Morgan fingerprint density at radius 2 is 1.25 bits per heavy atom. The van der Waals surface area contributed by atoms with E-state index < -0.39 is 18.0 Å². The standard InChI is InChI=1S/C17H21NO5.C13H15NO3.C4H6N2O2.CH3BF.F2/c1-2-22-16(20)14-8-10-18(11-9-15(14)19)17(21)23-12-13-6-4-3-5-7-13;15-12-6-8-14(9-7-12)13(16)17-10-11-4-2-1-3-5-11;1-2-4(8)6-5-3-7;1-2-3;1-2/h3-7,14H,2,8-12H2,1H3;1-5H,6-10H2;3H,2H2,1H3;1H3;. The topological polar surface area (TPSA) is 178 Å². The molecule has 2 saturated heterocycles. The fourth-order valence-electron chi connectivity index (χ4n) is 4.37. The van der Waals surface area contributed by atoms with Crippen molar-refractivity contribution in [3.63, 3.8) is 0 Å². The van der Waals surface area contributed by atoms with Crippen LogP contribution in [0.2, 0.25) is 6.82 Å². The molecule has 2 heterocycles. The van der Waals surface area contributed by atoms with Crippen molar-refractivity contribution in [3.8, 4) is 0 Å². The Labute approximate surface area is 307 Å². The number of benzene rings is 2. The highest BCUT2D eigenvalue weighted by molar-refractivity contribution is 6.23. The predicted octanol–water partition coefficient (Wildman–Crippen LogP) is 6.15. The van der Waals surface area contributed by atoms with Gasteiger partial charge in [-0.1, -0.05) is 74.4 Å². The lowest BCUT2D eigenvalue weighted by Crippen LogP contribution is -2.38. The minimum absolute atomic E-state index is 0.143. The van der Waals surface area contributed by atoms with E-state index in [4.69, 9.17) is 23.4 Å². The van der Waals surface area contributed by atoms with Crippen molar-refractivity contribution in [2.24, 2.45) is 16.1 Å². The molecule has 2 aliphatic rings. The molecule has 2 aromatic rings. The van der Waals surface area contributed by atoms with Gasteiger partial charge in [0.1, 0.15) is 30.7 Å². The molecule has 0 bridgehead atoms. The van der Waals surface area contributed by atoms with E-state index in [0.717, 1.165) is 11.1 Å². The molecule has 4 rings (SSSR count). The number of carbonyl (C=O) groups is 7. The highest BCUT2D eigenvalue weighted by Gasteiger charge is 2.32. The highest BCUT2D eigenvalue weighted by atomic mass is 20.0. The molecule has 2 aromatic carbocycles. The van der Waals surface area contributed by atoms with Gasteiger partial charge in [-0.3, -0.25) is 24.0 Å². The van der Waals surface area contributed by atoms with Crippen LogP contribution in [0.3, 0.4) is 0 Å². The van der Waals surface area contributed by atoms with Gasteiger partial charge in [-0.05, 0) is 24.5 Å². The maximum atomic E-state index is 12.1. The van der Waals surface area contributed by atoms with Gasteiger partial charge in [-0.2, -0.15) is 0 Å². The van der Waals surface area contributed by atoms with E-state index in [1.807, 2.05) is 60.7 Å². The summed E-state index contributed by atoms with van der Waals surface area (Å²) >= 11 is 0. The summed E-state index contributed by atoms with van der Waals surface area (Å²) < 4.78 is 41.5. The van der Waals surface area contributed by atoms with Gasteiger partial charge in [0.25, 0.3) is 12.3 Å². The first-order valence-corrected chi connectivity index (χ1v) is 16.6. The van der Waals surface area contributed by atoms with Crippen LogP contribution in [0.15, 0.2) is 70.9 Å². The number of halogens is 3. The largest absolute Gasteiger partial charge is 0.465 e. The number of piperidine rings is 1. The van der Waals surface area contributed by atoms with Crippen LogP contribution in [-0.4, -0.2) is 92.2 Å². The van der Waals surface area contributed by atoms with Crippen LogP contribution in [-0.2, 0) is 51.4 Å². The van der Waals surface area contributed by atoms with Gasteiger partial charge in [-0.15, -0.1) is 10.2 Å². The molecule has 2 fully saturated rings. The zero-order valence-corrected chi connectivity index (χ0v) is 30.0. The summed E-state index contributed by atoms with van der Waals surface area (Å²) in [5.41, 5.74) is 1.87. The number of rotatable bonds is 8. The summed E-state index contributed by atoms with van der Waals surface area (Å²) in [6.45, 7) is 6.92. The predicted molar refractivity (Wildman–Crippen MR) is 186 cm³/mol. The fourth-order valence-corrected chi connectivity index (χ4v) is 4.37. The maximum absolute atomic E-state index is 12.1.